The number of nitrogens with one attached hydrogen (secondary N) is 2. The van der Waals surface area contributed by atoms with Gasteiger partial charge in [-0.25, -0.2) is 17.2 Å². The van der Waals surface area contributed by atoms with Crippen molar-refractivity contribution in [1.82, 2.24) is 5.32 Å². The highest BCUT2D eigenvalue weighted by Gasteiger charge is 2.28. The number of sulfonamides is 1. The summed E-state index contributed by atoms with van der Waals surface area (Å²) in [6.07, 6.45) is 1.41. The number of allylic oxidation sites excluding steroid dienone is 2. The molecule has 0 atom stereocenters. The molecule has 1 amide bonds. The van der Waals surface area contributed by atoms with Crippen LogP contribution in [-0.4, -0.2) is 34.1 Å². The Kier molecular flexibility index (Phi) is 7.41. The van der Waals surface area contributed by atoms with Crippen molar-refractivity contribution in [3.63, 3.8) is 0 Å². The zero-order valence-electron chi connectivity index (χ0n) is 17.4. The molecule has 2 aromatic rings. The summed E-state index contributed by atoms with van der Waals surface area (Å²) in [5.41, 5.74) is -1.19. The number of ether oxygens (including phenoxy) is 2. The normalized spacial score (nSPS) is 17.3. The number of hydrogen-bond acceptors (Lipinski definition) is 5. The summed E-state index contributed by atoms with van der Waals surface area (Å²) >= 11 is 5.94. The van der Waals surface area contributed by atoms with Gasteiger partial charge in [0, 0.05) is 22.8 Å². The van der Waals surface area contributed by atoms with E-state index in [4.69, 9.17) is 16.3 Å². The minimum atomic E-state index is -4.88. The number of hydrogen-bond donors (Lipinski definition) is 2. The van der Waals surface area contributed by atoms with Crippen LogP contribution in [-0.2, 0) is 14.8 Å². The molecule has 0 aromatic heterocycles. The number of amides is 1. The topological polar surface area (TPSA) is 93.7 Å². The SMILES string of the molecule is C=C1OCCNC(=O)c2cc(Cl)c(OC(F)F)c(c2)S(=O)(=O)Nc2cc(c(F)cc2F)/C1=C/C. The van der Waals surface area contributed by atoms with Gasteiger partial charge in [0.25, 0.3) is 15.9 Å². The number of benzene rings is 2. The van der Waals surface area contributed by atoms with Gasteiger partial charge in [-0.2, -0.15) is 8.78 Å². The molecule has 7 nitrogen and oxygen atoms in total. The first-order chi connectivity index (χ1) is 15.9. The lowest BCUT2D eigenvalue weighted by atomic mass is 10.0. The van der Waals surface area contributed by atoms with Crippen LogP contribution in [0.25, 0.3) is 5.57 Å². The summed E-state index contributed by atoms with van der Waals surface area (Å²) in [5.74, 6) is -4.13. The van der Waals surface area contributed by atoms with E-state index in [9.17, 15) is 30.8 Å². The molecule has 4 bridgehead atoms. The fourth-order valence-corrected chi connectivity index (χ4v) is 4.68. The number of alkyl halides is 2. The molecule has 0 unspecified atom stereocenters. The van der Waals surface area contributed by atoms with E-state index in [0.29, 0.717) is 6.07 Å². The third-order valence-electron chi connectivity index (χ3n) is 4.61. The summed E-state index contributed by atoms with van der Waals surface area (Å²) in [4.78, 5) is 11.5. The fourth-order valence-electron chi connectivity index (χ4n) is 3.12. The Bertz CT molecular complexity index is 1300. The quantitative estimate of drug-likeness (QED) is 0.560. The summed E-state index contributed by atoms with van der Waals surface area (Å²) < 4.78 is 92.7. The third-order valence-corrected chi connectivity index (χ3v) is 6.26. The van der Waals surface area contributed by atoms with Crippen molar-refractivity contribution in [2.75, 3.05) is 17.9 Å². The Balaban J connectivity index is 2.26. The molecule has 0 spiro atoms. The molecule has 2 aromatic carbocycles. The summed E-state index contributed by atoms with van der Waals surface area (Å²) in [5, 5.41) is 1.82. The number of fused-ring (bicyclic) bond motifs is 4. The van der Waals surface area contributed by atoms with E-state index in [0.717, 1.165) is 18.2 Å². The van der Waals surface area contributed by atoms with Gasteiger partial charge >= 0.3 is 6.61 Å². The number of carbonyl (C=O) groups is 1. The van der Waals surface area contributed by atoms with Crippen molar-refractivity contribution >= 4 is 38.8 Å². The Labute approximate surface area is 197 Å². The van der Waals surface area contributed by atoms with Gasteiger partial charge in [-0.3, -0.25) is 9.52 Å². The second kappa shape index (κ2) is 9.94. The van der Waals surface area contributed by atoms with Gasteiger partial charge in [-0.05, 0) is 25.1 Å². The average molecular weight is 521 g/mol. The lowest BCUT2D eigenvalue weighted by molar-refractivity contribution is -0.0516. The van der Waals surface area contributed by atoms with E-state index < -0.39 is 55.5 Å². The molecule has 0 saturated carbocycles. The standard InChI is InChI=1S/C21H17ClF4N2O5S/c1-3-12-10(2)32-5-4-27-20(29)11-6-14(22)19(33-21(25)26)18(7-11)34(30,31)28-17-8-13(12)15(23)9-16(17)24/h3,6-9,21,28H,2,4-5H2,1H3,(H,27,29)/b12-3+. The maximum absolute atomic E-state index is 14.6. The second-order valence-corrected chi connectivity index (χ2v) is 8.87. The van der Waals surface area contributed by atoms with Gasteiger partial charge in [-0.15, -0.1) is 0 Å². The lowest BCUT2D eigenvalue weighted by Crippen LogP contribution is -2.27. The maximum atomic E-state index is 14.6. The van der Waals surface area contributed by atoms with E-state index >= 15 is 0 Å². The van der Waals surface area contributed by atoms with Crippen LogP contribution in [0.15, 0.2) is 47.6 Å². The Morgan fingerprint density at radius 3 is 2.56 bits per heavy atom. The fraction of sp³-hybridized carbons (Fsp3) is 0.190. The first kappa shape index (κ1) is 25.4. The Morgan fingerprint density at radius 2 is 1.91 bits per heavy atom. The van der Waals surface area contributed by atoms with Crippen molar-refractivity contribution in [2.45, 2.75) is 18.4 Å². The lowest BCUT2D eigenvalue weighted by Gasteiger charge is -2.17. The summed E-state index contributed by atoms with van der Waals surface area (Å²) in [6.45, 7) is 1.55. The summed E-state index contributed by atoms with van der Waals surface area (Å²) in [6, 6.07) is 2.96. The van der Waals surface area contributed by atoms with Gasteiger partial charge in [-0.1, -0.05) is 24.3 Å². The molecule has 1 aliphatic rings. The number of anilines is 1. The van der Waals surface area contributed by atoms with Crippen LogP contribution in [0.4, 0.5) is 23.2 Å². The van der Waals surface area contributed by atoms with E-state index in [2.05, 4.69) is 16.6 Å². The largest absolute Gasteiger partial charge is 0.492 e. The van der Waals surface area contributed by atoms with Crippen LogP contribution in [0.1, 0.15) is 22.8 Å². The van der Waals surface area contributed by atoms with Gasteiger partial charge in [0.05, 0.1) is 17.3 Å². The zero-order valence-corrected chi connectivity index (χ0v) is 19.0. The van der Waals surface area contributed by atoms with E-state index in [1.807, 2.05) is 4.72 Å². The summed E-state index contributed by atoms with van der Waals surface area (Å²) in [7, 11) is -4.88. The highest BCUT2D eigenvalue weighted by molar-refractivity contribution is 7.92. The molecule has 0 fully saturated rings. The van der Waals surface area contributed by atoms with Crippen LogP contribution in [0.5, 0.6) is 5.75 Å². The van der Waals surface area contributed by atoms with Crippen LogP contribution in [0, 0.1) is 11.6 Å². The predicted octanol–water partition coefficient (Wildman–Crippen LogP) is 4.70. The van der Waals surface area contributed by atoms with Gasteiger partial charge in [0.2, 0.25) is 0 Å². The molecule has 3 rings (SSSR count). The third kappa shape index (κ3) is 5.28. The molecular formula is C21H17ClF4N2O5S. The van der Waals surface area contributed by atoms with E-state index in [1.54, 1.807) is 0 Å². The molecule has 2 N–H and O–H groups in total. The molecule has 182 valence electrons. The van der Waals surface area contributed by atoms with Crippen molar-refractivity contribution in [3.05, 3.63) is 70.5 Å². The molecule has 13 heteroatoms. The zero-order chi connectivity index (χ0) is 25.2. The van der Waals surface area contributed by atoms with Crippen LogP contribution >= 0.6 is 11.6 Å². The predicted molar refractivity (Wildman–Crippen MR) is 116 cm³/mol. The molecule has 0 saturated heterocycles. The number of halogens is 5. The maximum Gasteiger partial charge on any atom is 0.387 e. The minimum Gasteiger partial charge on any atom is -0.492 e. The van der Waals surface area contributed by atoms with Crippen molar-refractivity contribution < 1.29 is 40.2 Å². The second-order valence-electron chi connectivity index (χ2n) is 6.81. The number of carbonyl (C=O) groups excluding carboxylic acids is 1. The Hall–Kier alpha value is -3.25. The number of rotatable bonds is 2. The van der Waals surface area contributed by atoms with Gasteiger partial charge in [0.1, 0.15) is 28.9 Å². The van der Waals surface area contributed by atoms with Crippen LogP contribution in [0.2, 0.25) is 5.02 Å². The van der Waals surface area contributed by atoms with E-state index in [1.165, 1.54) is 13.0 Å². The highest BCUT2D eigenvalue weighted by Crippen LogP contribution is 2.37. The Morgan fingerprint density at radius 1 is 1.21 bits per heavy atom. The smallest absolute Gasteiger partial charge is 0.387 e. The molecule has 1 aliphatic heterocycles. The molecule has 0 aliphatic carbocycles. The van der Waals surface area contributed by atoms with Gasteiger partial charge < -0.3 is 14.8 Å². The van der Waals surface area contributed by atoms with Crippen LogP contribution < -0.4 is 14.8 Å². The monoisotopic (exact) mass is 520 g/mol. The molecule has 34 heavy (non-hydrogen) atoms. The molecular weight excluding hydrogens is 504 g/mol. The van der Waals surface area contributed by atoms with Crippen LogP contribution in [0.3, 0.4) is 0 Å². The first-order valence-corrected chi connectivity index (χ1v) is 11.4. The highest BCUT2D eigenvalue weighted by atomic mass is 35.5. The first-order valence-electron chi connectivity index (χ1n) is 9.51. The van der Waals surface area contributed by atoms with Crippen molar-refractivity contribution in [2.24, 2.45) is 0 Å². The molecule has 1 heterocycles. The molecule has 0 radical (unpaired) electrons. The van der Waals surface area contributed by atoms with Crippen molar-refractivity contribution in [1.29, 1.82) is 0 Å². The van der Waals surface area contributed by atoms with Crippen molar-refractivity contribution in [3.8, 4) is 5.75 Å². The van der Waals surface area contributed by atoms with E-state index in [-0.39, 0.29) is 35.6 Å². The van der Waals surface area contributed by atoms with Gasteiger partial charge in [0.15, 0.2) is 5.75 Å². The average Bonchev–Trinajstić information content (AvgIpc) is 2.74. The minimum absolute atomic E-state index is 0.0258.